The van der Waals surface area contributed by atoms with Gasteiger partial charge in [0, 0.05) is 36.8 Å². The lowest BCUT2D eigenvalue weighted by Crippen LogP contribution is -2.11. The van der Waals surface area contributed by atoms with Gasteiger partial charge in [0.25, 0.3) is 11.6 Å². The lowest BCUT2D eigenvalue weighted by Gasteiger charge is -1.93. The number of benzene rings is 1. The molecule has 0 saturated heterocycles. The monoisotopic (exact) mass is 289 g/mol. The molecule has 0 aliphatic carbocycles. The van der Waals surface area contributed by atoms with Crippen molar-refractivity contribution < 1.29 is 9.72 Å². The molecule has 0 N–H and O–H groups in total. The fourth-order valence-corrected chi connectivity index (χ4v) is 2.21. The van der Waals surface area contributed by atoms with Crippen LogP contribution in [0.2, 0.25) is 0 Å². The van der Waals surface area contributed by atoms with Crippen LogP contribution in [0.25, 0.3) is 6.08 Å². The molecule has 1 heterocycles. The second-order valence-corrected chi connectivity index (χ2v) is 4.80. The fraction of sp³-hybridized carbons (Fsp3) is 0.0769. The number of nitrogens with zero attached hydrogens (tertiary/aromatic N) is 3. The van der Waals surface area contributed by atoms with Crippen LogP contribution in [0.3, 0.4) is 0 Å². The number of carbonyl (C=O) groups is 1. The molecule has 7 heteroatoms. The maximum Gasteiger partial charge on any atom is 0.272 e. The van der Waals surface area contributed by atoms with E-state index < -0.39 is 10.8 Å². The molecule has 0 fully saturated rings. The van der Waals surface area contributed by atoms with Crippen LogP contribution in [0.15, 0.2) is 46.9 Å². The molecule has 1 aromatic heterocycles. The average molecular weight is 289 g/mol. The first-order valence-electron chi connectivity index (χ1n) is 5.67. The van der Waals surface area contributed by atoms with E-state index in [4.69, 9.17) is 0 Å². The number of hydrogen-bond donors (Lipinski definition) is 0. The number of rotatable bonds is 3. The highest BCUT2D eigenvalue weighted by Crippen LogP contribution is 2.14. The SMILES string of the molecule is Cn1ccsc1=NC(=O)C=Cc1cccc([N+](=O)[O-])c1. The highest BCUT2D eigenvalue weighted by Gasteiger charge is 2.03. The van der Waals surface area contributed by atoms with Gasteiger partial charge >= 0.3 is 0 Å². The first-order valence-corrected chi connectivity index (χ1v) is 6.55. The third-order valence-corrected chi connectivity index (χ3v) is 3.31. The summed E-state index contributed by atoms with van der Waals surface area (Å²) in [4.78, 5) is 26.3. The minimum atomic E-state index is -0.477. The lowest BCUT2D eigenvalue weighted by molar-refractivity contribution is -0.384. The topological polar surface area (TPSA) is 77.5 Å². The van der Waals surface area contributed by atoms with E-state index in [1.165, 1.54) is 35.6 Å². The Balaban J connectivity index is 2.18. The Bertz CT molecular complexity index is 743. The zero-order valence-corrected chi connectivity index (χ0v) is 11.4. The predicted octanol–water partition coefficient (Wildman–Crippen LogP) is 2.14. The highest BCUT2D eigenvalue weighted by atomic mass is 32.1. The van der Waals surface area contributed by atoms with E-state index in [0.717, 1.165) is 0 Å². The molecule has 102 valence electrons. The zero-order chi connectivity index (χ0) is 14.5. The summed E-state index contributed by atoms with van der Waals surface area (Å²) in [5.74, 6) is -0.408. The van der Waals surface area contributed by atoms with E-state index in [1.807, 2.05) is 5.38 Å². The molecule has 0 spiro atoms. The molecule has 0 radical (unpaired) electrons. The lowest BCUT2D eigenvalue weighted by atomic mass is 10.2. The van der Waals surface area contributed by atoms with Crippen molar-refractivity contribution in [2.75, 3.05) is 0 Å². The molecule has 0 saturated carbocycles. The van der Waals surface area contributed by atoms with Crippen molar-refractivity contribution in [3.8, 4) is 0 Å². The Hall–Kier alpha value is -2.54. The van der Waals surface area contributed by atoms with Crippen LogP contribution < -0.4 is 4.80 Å². The maximum atomic E-state index is 11.7. The van der Waals surface area contributed by atoms with Crippen LogP contribution in [0, 0.1) is 10.1 Å². The van der Waals surface area contributed by atoms with Crippen LogP contribution in [-0.4, -0.2) is 15.4 Å². The Morgan fingerprint density at radius 2 is 2.30 bits per heavy atom. The Kier molecular flexibility index (Phi) is 4.21. The number of non-ortho nitro benzene ring substituents is 1. The molecule has 20 heavy (non-hydrogen) atoms. The number of amides is 1. The van der Waals surface area contributed by atoms with Gasteiger partial charge < -0.3 is 4.57 Å². The van der Waals surface area contributed by atoms with Crippen LogP contribution >= 0.6 is 11.3 Å². The van der Waals surface area contributed by atoms with Gasteiger partial charge in [0.15, 0.2) is 4.80 Å². The van der Waals surface area contributed by atoms with Gasteiger partial charge in [-0.2, -0.15) is 4.99 Å². The van der Waals surface area contributed by atoms with Gasteiger partial charge in [0.1, 0.15) is 0 Å². The highest BCUT2D eigenvalue weighted by molar-refractivity contribution is 7.07. The van der Waals surface area contributed by atoms with Gasteiger partial charge in [0.05, 0.1) is 4.92 Å². The minimum Gasteiger partial charge on any atom is -0.327 e. The largest absolute Gasteiger partial charge is 0.327 e. The maximum absolute atomic E-state index is 11.7. The summed E-state index contributed by atoms with van der Waals surface area (Å²) in [6, 6.07) is 6.05. The molecule has 0 atom stereocenters. The standard InChI is InChI=1S/C13H11N3O3S/c1-15-7-8-20-13(15)14-12(17)6-5-10-3-2-4-11(9-10)16(18)19/h2-9H,1H3. The number of aryl methyl sites for hydroxylation is 1. The summed E-state index contributed by atoms with van der Waals surface area (Å²) >= 11 is 1.36. The third-order valence-electron chi connectivity index (χ3n) is 2.46. The van der Waals surface area contributed by atoms with E-state index in [2.05, 4.69) is 4.99 Å². The minimum absolute atomic E-state index is 0.0128. The number of carbonyl (C=O) groups excluding carboxylic acids is 1. The van der Waals surface area contributed by atoms with E-state index in [-0.39, 0.29) is 5.69 Å². The molecule has 1 aromatic carbocycles. The second-order valence-electron chi connectivity index (χ2n) is 3.93. The smallest absolute Gasteiger partial charge is 0.272 e. The summed E-state index contributed by atoms with van der Waals surface area (Å²) < 4.78 is 1.74. The van der Waals surface area contributed by atoms with Crippen LogP contribution in [-0.2, 0) is 11.8 Å². The summed E-state index contributed by atoms with van der Waals surface area (Å²) in [6.07, 6.45) is 4.60. The predicted molar refractivity (Wildman–Crippen MR) is 76.0 cm³/mol. The van der Waals surface area contributed by atoms with E-state index in [1.54, 1.807) is 29.9 Å². The molecule has 0 aliphatic heterocycles. The number of aromatic nitrogens is 1. The van der Waals surface area contributed by atoms with Crippen LogP contribution in [0.1, 0.15) is 5.56 Å². The van der Waals surface area contributed by atoms with Gasteiger partial charge in [-0.15, -0.1) is 11.3 Å². The van der Waals surface area contributed by atoms with Gasteiger partial charge in [-0.05, 0) is 11.6 Å². The average Bonchev–Trinajstić information content (AvgIpc) is 2.82. The summed E-state index contributed by atoms with van der Waals surface area (Å²) in [5.41, 5.74) is 0.569. The molecule has 0 aliphatic rings. The first kappa shape index (κ1) is 13.9. The first-order chi connectivity index (χ1) is 9.56. The van der Waals surface area contributed by atoms with Crippen molar-refractivity contribution in [1.82, 2.24) is 4.57 Å². The van der Waals surface area contributed by atoms with Crippen LogP contribution in [0.5, 0.6) is 0 Å². The third kappa shape index (κ3) is 3.48. The number of nitro benzene ring substituents is 1. The van der Waals surface area contributed by atoms with Gasteiger partial charge in [-0.25, -0.2) is 0 Å². The molecule has 6 nitrogen and oxygen atoms in total. The molecule has 2 rings (SSSR count). The number of thiazole rings is 1. The molecular weight excluding hydrogens is 278 g/mol. The Labute approximate surface area is 118 Å². The summed E-state index contributed by atoms with van der Waals surface area (Å²) in [5, 5.41) is 12.5. The van der Waals surface area contributed by atoms with E-state index >= 15 is 0 Å². The normalized spacial score (nSPS) is 11.9. The number of nitro groups is 1. The molecule has 1 amide bonds. The summed E-state index contributed by atoms with van der Waals surface area (Å²) in [6.45, 7) is 0. The quantitative estimate of drug-likeness (QED) is 0.493. The van der Waals surface area contributed by atoms with E-state index in [0.29, 0.717) is 10.4 Å². The van der Waals surface area contributed by atoms with Crippen molar-refractivity contribution in [3.05, 3.63) is 62.4 Å². The fourth-order valence-electron chi connectivity index (χ4n) is 1.48. The summed E-state index contributed by atoms with van der Waals surface area (Å²) in [7, 11) is 1.80. The molecular formula is C13H11N3O3S. The van der Waals surface area contributed by atoms with Crippen LogP contribution in [0.4, 0.5) is 5.69 Å². The van der Waals surface area contributed by atoms with Crippen molar-refractivity contribution in [3.63, 3.8) is 0 Å². The molecule has 2 aromatic rings. The van der Waals surface area contributed by atoms with Crippen molar-refractivity contribution in [2.24, 2.45) is 12.0 Å². The molecule has 0 bridgehead atoms. The molecule has 0 unspecified atom stereocenters. The Morgan fingerprint density at radius 3 is 2.95 bits per heavy atom. The van der Waals surface area contributed by atoms with Gasteiger partial charge in [-0.3, -0.25) is 14.9 Å². The van der Waals surface area contributed by atoms with Crippen molar-refractivity contribution in [2.45, 2.75) is 0 Å². The van der Waals surface area contributed by atoms with Gasteiger partial charge in [-0.1, -0.05) is 12.1 Å². The van der Waals surface area contributed by atoms with Crippen molar-refractivity contribution >= 4 is 29.0 Å². The van der Waals surface area contributed by atoms with Crippen molar-refractivity contribution in [1.29, 1.82) is 0 Å². The Morgan fingerprint density at radius 1 is 1.50 bits per heavy atom. The van der Waals surface area contributed by atoms with E-state index in [9.17, 15) is 14.9 Å². The zero-order valence-electron chi connectivity index (χ0n) is 10.6. The van der Waals surface area contributed by atoms with Gasteiger partial charge in [0.2, 0.25) is 0 Å². The number of hydrogen-bond acceptors (Lipinski definition) is 4. The second kappa shape index (κ2) is 6.07.